The molecule has 4 atom stereocenters. The maximum Gasteiger partial charge on any atom is -0.0177 e. The molecule has 0 radical (unpaired) electrons. The van der Waals surface area contributed by atoms with E-state index in [1.54, 1.807) is 0 Å². The summed E-state index contributed by atoms with van der Waals surface area (Å²) in [4.78, 5) is 0. The van der Waals surface area contributed by atoms with Gasteiger partial charge in [0.1, 0.15) is 0 Å². The molecule has 0 aromatic rings. The van der Waals surface area contributed by atoms with E-state index in [0.29, 0.717) is 0 Å². The van der Waals surface area contributed by atoms with Gasteiger partial charge in [0, 0.05) is 0 Å². The molecule has 0 heteroatoms. The fraction of sp³-hybridized carbons (Fsp3) is 0.833. The normalized spacial score (nSPS) is 48.9. The number of hydrogen-bond acceptors (Lipinski definition) is 0. The lowest BCUT2D eigenvalue weighted by Crippen LogP contribution is -2.09. The van der Waals surface area contributed by atoms with E-state index in [0.717, 1.165) is 29.6 Å². The summed E-state index contributed by atoms with van der Waals surface area (Å²) >= 11 is 0. The lowest BCUT2D eigenvalue weighted by Gasteiger charge is -2.16. The first kappa shape index (κ1) is 9.83. The third-order valence-corrected chi connectivity index (χ3v) is 4.12. The zero-order chi connectivity index (χ0) is 9.30. The minimum atomic E-state index is 0.819. The van der Waals surface area contributed by atoms with Crippen LogP contribution in [0.1, 0.15) is 34.6 Å². The third-order valence-electron chi connectivity index (χ3n) is 4.12. The second kappa shape index (κ2) is 3.64. The van der Waals surface area contributed by atoms with E-state index < -0.39 is 0 Å². The van der Waals surface area contributed by atoms with Gasteiger partial charge in [0.25, 0.3) is 0 Å². The van der Waals surface area contributed by atoms with Crippen molar-refractivity contribution in [2.75, 3.05) is 0 Å². The summed E-state index contributed by atoms with van der Waals surface area (Å²) in [5.41, 5.74) is 0. The second-order valence-corrected chi connectivity index (χ2v) is 4.54. The van der Waals surface area contributed by atoms with Gasteiger partial charge in [0.05, 0.1) is 0 Å². The standard InChI is InChI=1S/C12H22/c1-6-7-12-10(4)8(2)9(3)11(12)5/h6-12H,1-5H3/b7-6-. The first-order valence-corrected chi connectivity index (χ1v) is 5.22. The predicted octanol–water partition coefficient (Wildman–Crippen LogP) is 3.74. The molecule has 4 unspecified atom stereocenters. The summed E-state index contributed by atoms with van der Waals surface area (Å²) in [6.45, 7) is 11.7. The number of hydrogen-bond donors (Lipinski definition) is 0. The highest BCUT2D eigenvalue weighted by Gasteiger charge is 2.39. The van der Waals surface area contributed by atoms with E-state index in [1.165, 1.54) is 0 Å². The zero-order valence-corrected chi connectivity index (χ0v) is 9.04. The van der Waals surface area contributed by atoms with Gasteiger partial charge >= 0.3 is 0 Å². The van der Waals surface area contributed by atoms with Crippen LogP contribution in [0.4, 0.5) is 0 Å². The van der Waals surface area contributed by atoms with Crippen molar-refractivity contribution in [1.29, 1.82) is 0 Å². The highest BCUT2D eigenvalue weighted by Crippen LogP contribution is 2.45. The molecule has 12 heavy (non-hydrogen) atoms. The Morgan fingerprint density at radius 1 is 0.750 bits per heavy atom. The van der Waals surface area contributed by atoms with Crippen LogP contribution in [0.2, 0.25) is 0 Å². The molecule has 1 aliphatic carbocycles. The van der Waals surface area contributed by atoms with Crippen LogP contribution in [0.25, 0.3) is 0 Å². The van der Waals surface area contributed by atoms with Crippen LogP contribution in [-0.2, 0) is 0 Å². The Morgan fingerprint density at radius 3 is 1.50 bits per heavy atom. The summed E-state index contributed by atoms with van der Waals surface area (Å²) < 4.78 is 0. The Bertz CT molecular complexity index is 155. The highest BCUT2D eigenvalue weighted by atomic mass is 14.4. The molecular weight excluding hydrogens is 144 g/mol. The maximum absolute atomic E-state index is 2.40. The number of rotatable bonds is 1. The molecule has 0 saturated heterocycles. The van der Waals surface area contributed by atoms with E-state index >= 15 is 0 Å². The minimum absolute atomic E-state index is 0.819. The molecule has 0 aromatic heterocycles. The average molecular weight is 166 g/mol. The van der Waals surface area contributed by atoms with Gasteiger partial charge in [0.2, 0.25) is 0 Å². The Labute approximate surface area is 77.1 Å². The van der Waals surface area contributed by atoms with Crippen molar-refractivity contribution in [3.63, 3.8) is 0 Å². The molecule has 0 spiro atoms. The molecule has 1 fully saturated rings. The van der Waals surface area contributed by atoms with Gasteiger partial charge in [-0.1, -0.05) is 39.8 Å². The van der Waals surface area contributed by atoms with Gasteiger partial charge in [-0.25, -0.2) is 0 Å². The zero-order valence-electron chi connectivity index (χ0n) is 9.04. The lowest BCUT2D eigenvalue weighted by atomic mass is 9.89. The van der Waals surface area contributed by atoms with Crippen LogP contribution in [0.5, 0.6) is 0 Å². The van der Waals surface area contributed by atoms with Gasteiger partial charge in [-0.2, -0.15) is 0 Å². The minimum Gasteiger partial charge on any atom is -0.0914 e. The van der Waals surface area contributed by atoms with Crippen molar-refractivity contribution in [3.8, 4) is 0 Å². The van der Waals surface area contributed by atoms with Crippen LogP contribution in [0.3, 0.4) is 0 Å². The second-order valence-electron chi connectivity index (χ2n) is 4.54. The van der Waals surface area contributed by atoms with Crippen LogP contribution in [0, 0.1) is 29.6 Å². The molecule has 1 rings (SSSR count). The topological polar surface area (TPSA) is 0 Å². The Balaban J connectivity index is 2.76. The van der Waals surface area contributed by atoms with Crippen LogP contribution < -0.4 is 0 Å². The average Bonchev–Trinajstić information content (AvgIpc) is 2.23. The summed E-state index contributed by atoms with van der Waals surface area (Å²) in [5, 5.41) is 0. The number of allylic oxidation sites excluding steroid dienone is 2. The van der Waals surface area contributed by atoms with Crippen molar-refractivity contribution in [3.05, 3.63) is 12.2 Å². The van der Waals surface area contributed by atoms with Crippen LogP contribution in [0.15, 0.2) is 12.2 Å². The maximum atomic E-state index is 2.40. The molecule has 0 bridgehead atoms. The van der Waals surface area contributed by atoms with Gasteiger partial charge in [0.15, 0.2) is 0 Å². The molecule has 1 saturated carbocycles. The first-order valence-electron chi connectivity index (χ1n) is 5.22. The molecule has 0 nitrogen and oxygen atoms in total. The van der Waals surface area contributed by atoms with Gasteiger partial charge in [-0.05, 0) is 36.5 Å². The largest absolute Gasteiger partial charge is 0.0914 e. The van der Waals surface area contributed by atoms with E-state index in [4.69, 9.17) is 0 Å². The summed E-state index contributed by atoms with van der Waals surface area (Å²) in [6, 6.07) is 0. The molecule has 0 N–H and O–H groups in total. The quantitative estimate of drug-likeness (QED) is 0.521. The Morgan fingerprint density at radius 2 is 1.17 bits per heavy atom. The van der Waals surface area contributed by atoms with E-state index in [9.17, 15) is 0 Å². The fourth-order valence-corrected chi connectivity index (χ4v) is 2.71. The fourth-order valence-electron chi connectivity index (χ4n) is 2.71. The SMILES string of the molecule is C/C=C\C1C(C)C(C)C(C)C1C. The van der Waals surface area contributed by atoms with Crippen molar-refractivity contribution >= 4 is 0 Å². The lowest BCUT2D eigenvalue weighted by molar-refractivity contribution is 0.352. The monoisotopic (exact) mass is 166 g/mol. The van der Waals surface area contributed by atoms with Crippen molar-refractivity contribution < 1.29 is 0 Å². The van der Waals surface area contributed by atoms with Crippen LogP contribution >= 0.6 is 0 Å². The van der Waals surface area contributed by atoms with E-state index in [1.807, 2.05) is 0 Å². The molecule has 1 aliphatic rings. The summed E-state index contributed by atoms with van der Waals surface area (Å²) in [5.74, 6) is 4.33. The molecule has 0 aliphatic heterocycles. The smallest absolute Gasteiger partial charge is 0.0177 e. The molecule has 70 valence electrons. The Hall–Kier alpha value is -0.260. The van der Waals surface area contributed by atoms with Crippen molar-refractivity contribution in [2.24, 2.45) is 29.6 Å². The summed E-state index contributed by atoms with van der Waals surface area (Å²) in [7, 11) is 0. The van der Waals surface area contributed by atoms with Gasteiger partial charge < -0.3 is 0 Å². The van der Waals surface area contributed by atoms with Crippen molar-refractivity contribution in [1.82, 2.24) is 0 Å². The third kappa shape index (κ3) is 1.44. The Kier molecular flexibility index (Phi) is 2.98. The van der Waals surface area contributed by atoms with E-state index in [2.05, 4.69) is 46.8 Å². The van der Waals surface area contributed by atoms with Crippen molar-refractivity contribution in [2.45, 2.75) is 34.6 Å². The van der Waals surface area contributed by atoms with Crippen LogP contribution in [-0.4, -0.2) is 0 Å². The van der Waals surface area contributed by atoms with Gasteiger partial charge in [-0.15, -0.1) is 0 Å². The molecule has 0 heterocycles. The molecule has 0 amide bonds. The molecular formula is C12H22. The first-order chi connectivity index (χ1) is 5.59. The predicted molar refractivity (Wildman–Crippen MR) is 55.0 cm³/mol. The molecule has 0 aromatic carbocycles. The van der Waals surface area contributed by atoms with E-state index in [-0.39, 0.29) is 0 Å². The highest BCUT2D eigenvalue weighted by molar-refractivity contribution is 4.99. The van der Waals surface area contributed by atoms with Gasteiger partial charge in [-0.3, -0.25) is 0 Å². The summed E-state index contributed by atoms with van der Waals surface area (Å²) in [6.07, 6.45) is 4.61.